The maximum atomic E-state index is 10.3. The standard InChI is InChI=1S/C28H24N2O2/c1-18(2)32-26-11-7-5-9-22(26)24-17-15-20-13-12-19-14-16-23(21-8-4-6-10-25(21)31)29-27(19)28(20)30(24)3/h4-18H,1-3H3/p+1. The van der Waals surface area contributed by atoms with Gasteiger partial charge in [0, 0.05) is 22.4 Å². The molecule has 0 saturated carbocycles. The molecule has 5 aromatic rings. The Morgan fingerprint density at radius 2 is 1.44 bits per heavy atom. The largest absolute Gasteiger partial charge is 0.507 e. The van der Waals surface area contributed by atoms with Crippen molar-refractivity contribution in [2.45, 2.75) is 20.0 Å². The number of rotatable bonds is 4. The van der Waals surface area contributed by atoms with Gasteiger partial charge in [-0.25, -0.2) is 4.98 Å². The van der Waals surface area contributed by atoms with E-state index in [-0.39, 0.29) is 11.9 Å². The van der Waals surface area contributed by atoms with E-state index in [0.717, 1.165) is 50.1 Å². The number of hydrogen-bond donors (Lipinski definition) is 1. The van der Waals surface area contributed by atoms with Gasteiger partial charge in [-0.15, -0.1) is 0 Å². The van der Waals surface area contributed by atoms with Gasteiger partial charge in [0.25, 0.3) is 0 Å². The van der Waals surface area contributed by atoms with E-state index in [1.807, 2.05) is 56.3 Å². The molecule has 2 heterocycles. The Kier molecular flexibility index (Phi) is 4.98. The number of phenolic OH excluding ortho intramolecular Hbond substituents is 1. The fraction of sp³-hybridized carbons (Fsp3) is 0.143. The molecule has 0 aliphatic rings. The minimum Gasteiger partial charge on any atom is -0.507 e. The number of benzene rings is 3. The minimum absolute atomic E-state index is 0.0884. The number of nitrogens with zero attached hydrogens (tertiary/aromatic N) is 2. The molecule has 0 amide bonds. The molecule has 0 aliphatic heterocycles. The number of aryl methyl sites for hydroxylation is 1. The third kappa shape index (κ3) is 3.44. The molecule has 0 aliphatic carbocycles. The van der Waals surface area contributed by atoms with Crippen molar-refractivity contribution in [3.05, 3.63) is 84.9 Å². The van der Waals surface area contributed by atoms with Crippen molar-refractivity contribution >= 4 is 21.8 Å². The predicted octanol–water partition coefficient (Wildman–Crippen LogP) is 6.04. The van der Waals surface area contributed by atoms with E-state index >= 15 is 0 Å². The summed E-state index contributed by atoms with van der Waals surface area (Å²) in [6.45, 7) is 4.07. The molecule has 4 nitrogen and oxygen atoms in total. The van der Waals surface area contributed by atoms with Gasteiger partial charge in [0.15, 0.2) is 0 Å². The van der Waals surface area contributed by atoms with Crippen LogP contribution in [0.5, 0.6) is 11.5 Å². The number of aromatic nitrogens is 2. The van der Waals surface area contributed by atoms with Crippen LogP contribution in [0.4, 0.5) is 0 Å². The van der Waals surface area contributed by atoms with Crippen molar-refractivity contribution in [2.75, 3.05) is 0 Å². The molecule has 1 N–H and O–H groups in total. The molecule has 0 spiro atoms. The summed E-state index contributed by atoms with van der Waals surface area (Å²) < 4.78 is 8.27. The topological polar surface area (TPSA) is 46.2 Å². The number of para-hydroxylation sites is 2. The fourth-order valence-electron chi connectivity index (χ4n) is 4.22. The quantitative estimate of drug-likeness (QED) is 0.284. The summed E-state index contributed by atoms with van der Waals surface area (Å²) >= 11 is 0. The first-order valence-corrected chi connectivity index (χ1v) is 10.8. The van der Waals surface area contributed by atoms with Crippen molar-refractivity contribution in [1.29, 1.82) is 0 Å². The normalized spacial score (nSPS) is 11.4. The summed E-state index contributed by atoms with van der Waals surface area (Å²) in [4.78, 5) is 4.99. The van der Waals surface area contributed by atoms with Crippen molar-refractivity contribution in [2.24, 2.45) is 7.05 Å². The van der Waals surface area contributed by atoms with Crippen LogP contribution in [0.15, 0.2) is 84.9 Å². The summed E-state index contributed by atoms with van der Waals surface area (Å²) in [5.41, 5.74) is 5.50. The summed E-state index contributed by atoms with van der Waals surface area (Å²) in [7, 11) is 2.07. The van der Waals surface area contributed by atoms with Crippen LogP contribution in [0.25, 0.3) is 44.3 Å². The number of aromatic hydroxyl groups is 1. The lowest BCUT2D eigenvalue weighted by molar-refractivity contribution is -0.632. The molecule has 0 unspecified atom stereocenters. The summed E-state index contributed by atoms with van der Waals surface area (Å²) in [5.74, 6) is 1.09. The first kappa shape index (κ1) is 20.0. The smallest absolute Gasteiger partial charge is 0.239 e. The van der Waals surface area contributed by atoms with Crippen molar-refractivity contribution in [1.82, 2.24) is 4.98 Å². The van der Waals surface area contributed by atoms with Crippen LogP contribution in [0.3, 0.4) is 0 Å². The monoisotopic (exact) mass is 421 g/mol. The Morgan fingerprint density at radius 3 is 2.22 bits per heavy atom. The van der Waals surface area contributed by atoms with Gasteiger partial charge < -0.3 is 9.84 Å². The van der Waals surface area contributed by atoms with Crippen LogP contribution < -0.4 is 9.30 Å². The van der Waals surface area contributed by atoms with Gasteiger partial charge >= 0.3 is 0 Å². The van der Waals surface area contributed by atoms with Gasteiger partial charge in [0.05, 0.1) is 17.4 Å². The molecule has 5 rings (SSSR count). The van der Waals surface area contributed by atoms with E-state index in [2.05, 4.69) is 48.0 Å². The van der Waals surface area contributed by atoms with Gasteiger partial charge in [-0.1, -0.05) is 36.4 Å². The van der Waals surface area contributed by atoms with Gasteiger partial charge in [0.2, 0.25) is 11.2 Å². The van der Waals surface area contributed by atoms with Crippen molar-refractivity contribution in [3.8, 4) is 34.0 Å². The van der Waals surface area contributed by atoms with E-state index in [1.54, 1.807) is 6.07 Å². The second-order valence-electron chi connectivity index (χ2n) is 8.23. The summed E-state index contributed by atoms with van der Waals surface area (Å²) in [5, 5.41) is 12.5. The molecule has 0 radical (unpaired) electrons. The van der Waals surface area contributed by atoms with E-state index in [9.17, 15) is 5.11 Å². The molecule has 3 aromatic carbocycles. The molecule has 0 atom stereocenters. The Bertz CT molecular complexity index is 1460. The molecule has 32 heavy (non-hydrogen) atoms. The van der Waals surface area contributed by atoms with Gasteiger partial charge in [0.1, 0.15) is 24.1 Å². The average Bonchev–Trinajstić information content (AvgIpc) is 2.79. The van der Waals surface area contributed by atoms with Gasteiger partial charge in [-0.3, -0.25) is 0 Å². The zero-order chi connectivity index (χ0) is 22.2. The molecule has 0 saturated heterocycles. The molecule has 4 heteroatoms. The van der Waals surface area contributed by atoms with Crippen LogP contribution in [0.2, 0.25) is 0 Å². The molecule has 158 valence electrons. The molecular formula is C28H25N2O2+. The Morgan fingerprint density at radius 1 is 0.781 bits per heavy atom. The molecule has 0 fully saturated rings. The van der Waals surface area contributed by atoms with Crippen molar-refractivity contribution < 1.29 is 14.4 Å². The van der Waals surface area contributed by atoms with Crippen LogP contribution in [0, 0.1) is 0 Å². The summed E-state index contributed by atoms with van der Waals surface area (Å²) in [6.07, 6.45) is 0.0884. The highest BCUT2D eigenvalue weighted by atomic mass is 16.5. The third-order valence-corrected chi connectivity index (χ3v) is 5.69. The second-order valence-corrected chi connectivity index (χ2v) is 8.23. The van der Waals surface area contributed by atoms with E-state index in [4.69, 9.17) is 9.72 Å². The lowest BCUT2D eigenvalue weighted by atomic mass is 10.0. The second kappa shape index (κ2) is 7.97. The fourth-order valence-corrected chi connectivity index (χ4v) is 4.22. The SMILES string of the molecule is CC(C)Oc1ccccc1-c1ccc2ccc3ccc(-c4ccccc4O)nc3c2[n+]1C. The first-order valence-electron chi connectivity index (χ1n) is 10.8. The molecule has 0 bridgehead atoms. The van der Waals surface area contributed by atoms with Crippen molar-refractivity contribution in [3.63, 3.8) is 0 Å². The highest BCUT2D eigenvalue weighted by Gasteiger charge is 2.21. The molecule has 2 aromatic heterocycles. The Hall–Kier alpha value is -3.92. The van der Waals surface area contributed by atoms with Crippen LogP contribution in [0.1, 0.15) is 13.8 Å². The highest BCUT2D eigenvalue weighted by Crippen LogP contribution is 2.33. The zero-order valence-electron chi connectivity index (χ0n) is 18.4. The number of phenols is 1. The number of ether oxygens (including phenoxy) is 1. The zero-order valence-corrected chi connectivity index (χ0v) is 18.4. The Balaban J connectivity index is 1.77. The van der Waals surface area contributed by atoms with Crippen LogP contribution >= 0.6 is 0 Å². The lowest BCUT2D eigenvalue weighted by Gasteiger charge is -2.14. The van der Waals surface area contributed by atoms with Gasteiger partial charge in [-0.2, -0.15) is 4.57 Å². The lowest BCUT2D eigenvalue weighted by Crippen LogP contribution is -2.32. The van der Waals surface area contributed by atoms with Crippen LogP contribution in [-0.2, 0) is 7.05 Å². The highest BCUT2D eigenvalue weighted by molar-refractivity contribution is 6.02. The Labute approximate surface area is 187 Å². The molecular weight excluding hydrogens is 396 g/mol. The summed E-state index contributed by atoms with van der Waals surface area (Å²) in [6, 6.07) is 27.9. The minimum atomic E-state index is 0.0884. The number of pyridine rings is 2. The number of hydrogen-bond acceptors (Lipinski definition) is 3. The predicted molar refractivity (Wildman–Crippen MR) is 129 cm³/mol. The van der Waals surface area contributed by atoms with E-state index in [0.29, 0.717) is 0 Å². The number of fused-ring (bicyclic) bond motifs is 3. The van der Waals surface area contributed by atoms with E-state index < -0.39 is 0 Å². The first-order chi connectivity index (χ1) is 15.5. The van der Waals surface area contributed by atoms with Gasteiger partial charge in [-0.05, 0) is 56.3 Å². The average molecular weight is 422 g/mol. The third-order valence-electron chi connectivity index (χ3n) is 5.69. The van der Waals surface area contributed by atoms with Crippen LogP contribution in [-0.4, -0.2) is 16.2 Å². The maximum Gasteiger partial charge on any atom is 0.239 e. The van der Waals surface area contributed by atoms with E-state index in [1.165, 1.54) is 0 Å². The maximum absolute atomic E-state index is 10.3.